The van der Waals surface area contributed by atoms with Crippen molar-refractivity contribution in [2.45, 2.75) is 45.1 Å². The molecule has 1 atom stereocenters. The first-order chi connectivity index (χ1) is 13.3. The number of carbonyl (C=O) groups is 2. The number of rotatable bonds is 4. The number of pyridine rings is 1. The fraction of sp³-hybridized carbons (Fsp3) is 0.667. The summed E-state index contributed by atoms with van der Waals surface area (Å²) in [5, 5.41) is 0. The Labute approximate surface area is 167 Å². The Morgan fingerprint density at radius 1 is 1.21 bits per heavy atom. The topological polar surface area (TPSA) is 66.0 Å². The molecule has 2 aliphatic rings. The van der Waals surface area contributed by atoms with Crippen LogP contribution in [0.4, 0.5) is 0 Å². The standard InChI is InChI=1S/C21H32N4O3/c1-5-17-18(7-6-16(2)22-17)28-14-20(27)25-13-12-24(4)21(15-25)9-8-19(26)23(3)11-10-21/h6-7H,5,8-15H2,1-4H3. The molecule has 1 aromatic rings. The maximum absolute atomic E-state index is 12.9. The SMILES string of the molecule is CCc1nc(C)ccc1OCC(=O)N1CCN(C)C2(CCC(=O)N(C)CC2)C1. The van der Waals surface area contributed by atoms with Crippen molar-refractivity contribution in [1.82, 2.24) is 19.7 Å². The van der Waals surface area contributed by atoms with E-state index in [1.807, 2.05) is 42.8 Å². The number of carbonyl (C=O) groups excluding carboxylic acids is 2. The maximum atomic E-state index is 12.9. The number of ether oxygens (including phenoxy) is 1. The van der Waals surface area contributed by atoms with Gasteiger partial charge < -0.3 is 14.5 Å². The molecule has 7 heteroatoms. The molecule has 1 aromatic heterocycles. The molecule has 1 unspecified atom stereocenters. The van der Waals surface area contributed by atoms with Gasteiger partial charge in [0.05, 0.1) is 5.69 Å². The van der Waals surface area contributed by atoms with Crippen LogP contribution < -0.4 is 4.74 Å². The van der Waals surface area contributed by atoms with Crippen molar-refractivity contribution in [1.29, 1.82) is 0 Å². The van der Waals surface area contributed by atoms with Gasteiger partial charge in [-0.05, 0) is 45.4 Å². The molecule has 0 saturated carbocycles. The third kappa shape index (κ3) is 4.29. The second-order valence-electron chi connectivity index (χ2n) is 8.07. The van der Waals surface area contributed by atoms with Crippen LogP contribution in [0.5, 0.6) is 5.75 Å². The summed E-state index contributed by atoms with van der Waals surface area (Å²) in [6, 6.07) is 3.80. The highest BCUT2D eigenvalue weighted by Gasteiger charge is 2.42. The molecular weight excluding hydrogens is 356 g/mol. The first kappa shape index (κ1) is 20.6. The number of piperazine rings is 1. The van der Waals surface area contributed by atoms with E-state index in [1.54, 1.807) is 0 Å². The van der Waals surface area contributed by atoms with Crippen molar-refractivity contribution in [3.8, 4) is 5.75 Å². The molecule has 28 heavy (non-hydrogen) atoms. The average Bonchev–Trinajstić information content (AvgIpc) is 2.83. The normalized spacial score (nSPS) is 23.8. The quantitative estimate of drug-likeness (QED) is 0.782. The Morgan fingerprint density at radius 3 is 2.75 bits per heavy atom. The van der Waals surface area contributed by atoms with Crippen molar-refractivity contribution in [2.75, 3.05) is 46.9 Å². The summed E-state index contributed by atoms with van der Waals surface area (Å²) < 4.78 is 5.83. The summed E-state index contributed by atoms with van der Waals surface area (Å²) in [6.45, 7) is 6.90. The van der Waals surface area contributed by atoms with E-state index < -0.39 is 0 Å². The van der Waals surface area contributed by atoms with E-state index in [9.17, 15) is 9.59 Å². The van der Waals surface area contributed by atoms with Crippen LogP contribution in [-0.4, -0.2) is 83.9 Å². The number of aromatic nitrogens is 1. The molecule has 0 aliphatic carbocycles. The van der Waals surface area contributed by atoms with Crippen LogP contribution in [0.3, 0.4) is 0 Å². The number of aryl methyl sites for hydroxylation is 2. The van der Waals surface area contributed by atoms with E-state index in [0.717, 1.165) is 43.7 Å². The average molecular weight is 389 g/mol. The van der Waals surface area contributed by atoms with Crippen LogP contribution in [0.1, 0.15) is 37.6 Å². The highest BCUT2D eigenvalue weighted by atomic mass is 16.5. The van der Waals surface area contributed by atoms with Gasteiger partial charge in [-0.1, -0.05) is 6.92 Å². The lowest BCUT2D eigenvalue weighted by atomic mass is 9.86. The second kappa shape index (κ2) is 8.47. The Morgan fingerprint density at radius 2 is 2.00 bits per heavy atom. The fourth-order valence-corrected chi connectivity index (χ4v) is 4.18. The number of amides is 2. The van der Waals surface area contributed by atoms with Gasteiger partial charge in [0, 0.05) is 50.9 Å². The molecule has 0 N–H and O–H groups in total. The van der Waals surface area contributed by atoms with Crippen molar-refractivity contribution in [3.05, 3.63) is 23.5 Å². The highest BCUT2D eigenvalue weighted by Crippen LogP contribution is 2.32. The Balaban J connectivity index is 1.65. The maximum Gasteiger partial charge on any atom is 0.260 e. The van der Waals surface area contributed by atoms with Gasteiger partial charge in [-0.2, -0.15) is 0 Å². The zero-order valence-corrected chi connectivity index (χ0v) is 17.5. The third-order valence-electron chi connectivity index (χ3n) is 6.25. The minimum atomic E-state index is -0.131. The molecule has 3 heterocycles. The van der Waals surface area contributed by atoms with Gasteiger partial charge in [-0.3, -0.25) is 19.5 Å². The van der Waals surface area contributed by atoms with Crippen LogP contribution in [0, 0.1) is 6.92 Å². The largest absolute Gasteiger partial charge is 0.482 e. The molecule has 0 bridgehead atoms. The molecule has 0 aromatic carbocycles. The summed E-state index contributed by atoms with van der Waals surface area (Å²) in [5.74, 6) is 0.877. The number of nitrogens with zero attached hydrogens (tertiary/aromatic N) is 4. The summed E-state index contributed by atoms with van der Waals surface area (Å²) in [4.78, 5) is 35.5. The number of likely N-dealkylation sites (tertiary alicyclic amines) is 1. The summed E-state index contributed by atoms with van der Waals surface area (Å²) >= 11 is 0. The van der Waals surface area contributed by atoms with Gasteiger partial charge in [-0.25, -0.2) is 0 Å². The first-order valence-corrected chi connectivity index (χ1v) is 10.2. The Hall–Kier alpha value is -2.15. The van der Waals surface area contributed by atoms with Crippen molar-refractivity contribution in [2.24, 2.45) is 0 Å². The van der Waals surface area contributed by atoms with Crippen LogP contribution in [0.25, 0.3) is 0 Å². The van der Waals surface area contributed by atoms with E-state index in [2.05, 4.69) is 16.9 Å². The minimum Gasteiger partial charge on any atom is -0.482 e. The predicted octanol–water partition coefficient (Wildman–Crippen LogP) is 1.49. The minimum absolute atomic E-state index is 0.000897. The third-order valence-corrected chi connectivity index (χ3v) is 6.25. The zero-order valence-electron chi connectivity index (χ0n) is 17.5. The molecule has 2 amide bonds. The molecule has 1 spiro atoms. The fourth-order valence-electron chi connectivity index (χ4n) is 4.18. The van der Waals surface area contributed by atoms with Crippen molar-refractivity contribution < 1.29 is 14.3 Å². The molecular formula is C21H32N4O3. The summed E-state index contributed by atoms with van der Waals surface area (Å²) in [5.41, 5.74) is 1.70. The summed E-state index contributed by atoms with van der Waals surface area (Å²) in [7, 11) is 3.97. The van der Waals surface area contributed by atoms with Gasteiger partial charge in [-0.15, -0.1) is 0 Å². The molecule has 154 valence electrons. The molecule has 2 aliphatic heterocycles. The predicted molar refractivity (Wildman–Crippen MR) is 107 cm³/mol. The van der Waals surface area contributed by atoms with Gasteiger partial charge in [0.1, 0.15) is 5.75 Å². The van der Waals surface area contributed by atoms with E-state index >= 15 is 0 Å². The van der Waals surface area contributed by atoms with Crippen molar-refractivity contribution in [3.63, 3.8) is 0 Å². The lowest BCUT2D eigenvalue weighted by Gasteiger charge is -2.49. The highest BCUT2D eigenvalue weighted by molar-refractivity contribution is 5.78. The van der Waals surface area contributed by atoms with E-state index in [4.69, 9.17) is 4.74 Å². The second-order valence-corrected chi connectivity index (χ2v) is 8.07. The number of likely N-dealkylation sites (N-methyl/N-ethyl adjacent to an activating group) is 1. The smallest absolute Gasteiger partial charge is 0.260 e. The molecule has 7 nitrogen and oxygen atoms in total. The van der Waals surface area contributed by atoms with Crippen LogP contribution in [0.2, 0.25) is 0 Å². The van der Waals surface area contributed by atoms with E-state index in [0.29, 0.717) is 25.3 Å². The lowest BCUT2D eigenvalue weighted by Crippen LogP contribution is -2.62. The molecule has 2 saturated heterocycles. The van der Waals surface area contributed by atoms with E-state index in [1.165, 1.54) is 0 Å². The van der Waals surface area contributed by atoms with Gasteiger partial charge >= 0.3 is 0 Å². The Kier molecular flexibility index (Phi) is 6.23. The monoisotopic (exact) mass is 388 g/mol. The van der Waals surface area contributed by atoms with Gasteiger partial charge in [0.15, 0.2) is 6.61 Å². The summed E-state index contributed by atoms with van der Waals surface area (Å²) in [6.07, 6.45) is 2.98. The zero-order chi connectivity index (χ0) is 20.3. The first-order valence-electron chi connectivity index (χ1n) is 10.2. The lowest BCUT2D eigenvalue weighted by molar-refractivity contribution is -0.139. The van der Waals surface area contributed by atoms with Crippen LogP contribution in [0.15, 0.2) is 12.1 Å². The van der Waals surface area contributed by atoms with Gasteiger partial charge in [0.2, 0.25) is 5.91 Å². The van der Waals surface area contributed by atoms with Crippen molar-refractivity contribution >= 4 is 11.8 Å². The van der Waals surface area contributed by atoms with Crippen LogP contribution in [-0.2, 0) is 16.0 Å². The van der Waals surface area contributed by atoms with Gasteiger partial charge in [0.25, 0.3) is 5.91 Å². The number of hydrogen-bond donors (Lipinski definition) is 0. The molecule has 2 fully saturated rings. The molecule has 3 rings (SSSR count). The number of hydrogen-bond acceptors (Lipinski definition) is 5. The van der Waals surface area contributed by atoms with Crippen LogP contribution >= 0.6 is 0 Å². The molecule has 0 radical (unpaired) electrons. The van der Waals surface area contributed by atoms with E-state index in [-0.39, 0.29) is 24.0 Å². The Bertz CT molecular complexity index is 738.